The van der Waals surface area contributed by atoms with Gasteiger partial charge in [-0.05, 0) is 18.2 Å². The van der Waals surface area contributed by atoms with Crippen LogP contribution in [0.2, 0.25) is 0 Å². The summed E-state index contributed by atoms with van der Waals surface area (Å²) < 4.78 is 9.57. The maximum absolute atomic E-state index is 12.0. The van der Waals surface area contributed by atoms with Gasteiger partial charge in [0, 0.05) is 11.7 Å². The molecular formula is C12H11NO4. The molecule has 0 aliphatic heterocycles. The number of nitrogens with one attached hydrogen (secondary N) is 1. The lowest BCUT2D eigenvalue weighted by Gasteiger charge is -2.04. The number of pyridine rings is 1. The van der Waals surface area contributed by atoms with Crippen LogP contribution in [0, 0.1) is 0 Å². The number of fused-ring (bicyclic) bond motifs is 1. The Kier molecular flexibility index (Phi) is 2.82. The summed E-state index contributed by atoms with van der Waals surface area (Å²) in [6.07, 6.45) is 1.35. The Morgan fingerprint density at radius 1 is 1.29 bits per heavy atom. The molecule has 1 aromatic heterocycles. The Labute approximate surface area is 97.0 Å². The van der Waals surface area contributed by atoms with E-state index in [2.05, 4.69) is 9.72 Å². The highest BCUT2D eigenvalue weighted by Crippen LogP contribution is 2.16. The first-order chi connectivity index (χ1) is 8.17. The summed E-state index contributed by atoms with van der Waals surface area (Å²) in [4.78, 5) is 26.2. The number of methoxy groups -OCH3 is 2. The second-order valence-electron chi connectivity index (χ2n) is 3.43. The van der Waals surface area contributed by atoms with E-state index in [1.54, 1.807) is 18.2 Å². The van der Waals surface area contributed by atoms with Crippen molar-refractivity contribution >= 4 is 16.9 Å². The summed E-state index contributed by atoms with van der Waals surface area (Å²) >= 11 is 0. The molecule has 0 bridgehead atoms. The van der Waals surface area contributed by atoms with E-state index < -0.39 is 5.97 Å². The second-order valence-corrected chi connectivity index (χ2v) is 3.43. The van der Waals surface area contributed by atoms with Crippen molar-refractivity contribution in [3.05, 3.63) is 40.2 Å². The zero-order valence-electron chi connectivity index (χ0n) is 9.44. The number of hydrogen-bond donors (Lipinski definition) is 1. The standard InChI is InChI=1S/C12H11NO4/c1-16-7-3-4-10-8(5-7)11(14)9(6-13-10)12(15)17-2/h3-6H,1-2H3,(H,13,14). The summed E-state index contributed by atoms with van der Waals surface area (Å²) in [6, 6.07) is 5.04. The lowest BCUT2D eigenvalue weighted by molar-refractivity contribution is 0.0599. The average Bonchev–Trinajstić information content (AvgIpc) is 2.38. The largest absolute Gasteiger partial charge is 0.497 e. The number of aromatic amines is 1. The van der Waals surface area contributed by atoms with Crippen LogP contribution >= 0.6 is 0 Å². The minimum absolute atomic E-state index is 0.0201. The number of aromatic nitrogens is 1. The fraction of sp³-hybridized carbons (Fsp3) is 0.167. The van der Waals surface area contributed by atoms with Crippen molar-refractivity contribution in [1.82, 2.24) is 4.98 Å². The molecule has 0 fully saturated rings. The van der Waals surface area contributed by atoms with E-state index in [-0.39, 0.29) is 11.0 Å². The summed E-state index contributed by atoms with van der Waals surface area (Å²) in [7, 11) is 2.75. The molecule has 0 aliphatic rings. The number of H-pyrrole nitrogens is 1. The van der Waals surface area contributed by atoms with Crippen LogP contribution in [0.5, 0.6) is 5.75 Å². The lowest BCUT2D eigenvalue weighted by atomic mass is 10.1. The Morgan fingerprint density at radius 3 is 2.71 bits per heavy atom. The van der Waals surface area contributed by atoms with E-state index >= 15 is 0 Å². The predicted octanol–water partition coefficient (Wildman–Crippen LogP) is 1.32. The van der Waals surface area contributed by atoms with Crippen molar-refractivity contribution in [3.8, 4) is 5.75 Å². The number of hydrogen-bond acceptors (Lipinski definition) is 4. The van der Waals surface area contributed by atoms with Gasteiger partial charge >= 0.3 is 5.97 Å². The number of carbonyl (C=O) groups excluding carboxylic acids is 1. The minimum atomic E-state index is -0.657. The first kappa shape index (κ1) is 11.2. The van der Waals surface area contributed by atoms with Gasteiger partial charge in [-0.2, -0.15) is 0 Å². The molecule has 0 saturated heterocycles. The van der Waals surface area contributed by atoms with Crippen LogP contribution in [0.1, 0.15) is 10.4 Å². The van der Waals surface area contributed by atoms with E-state index in [1.165, 1.54) is 20.4 Å². The molecular weight excluding hydrogens is 222 g/mol. The maximum Gasteiger partial charge on any atom is 0.343 e. The molecule has 0 atom stereocenters. The van der Waals surface area contributed by atoms with Gasteiger partial charge in [-0.3, -0.25) is 4.79 Å². The lowest BCUT2D eigenvalue weighted by Crippen LogP contribution is -2.16. The molecule has 0 spiro atoms. The Hall–Kier alpha value is -2.30. The Balaban J connectivity index is 2.73. The highest BCUT2D eigenvalue weighted by molar-refractivity contribution is 5.93. The topological polar surface area (TPSA) is 68.4 Å². The molecule has 88 valence electrons. The Morgan fingerprint density at radius 2 is 2.06 bits per heavy atom. The van der Waals surface area contributed by atoms with E-state index in [0.29, 0.717) is 16.7 Å². The summed E-state index contributed by atoms with van der Waals surface area (Å²) in [5.41, 5.74) is 0.251. The molecule has 17 heavy (non-hydrogen) atoms. The number of benzene rings is 1. The molecule has 0 amide bonds. The van der Waals surface area contributed by atoms with E-state index in [4.69, 9.17) is 4.74 Å². The van der Waals surface area contributed by atoms with E-state index in [1.807, 2.05) is 0 Å². The average molecular weight is 233 g/mol. The number of ether oxygens (including phenoxy) is 2. The van der Waals surface area contributed by atoms with Crippen molar-refractivity contribution < 1.29 is 14.3 Å². The molecule has 1 N–H and O–H groups in total. The van der Waals surface area contributed by atoms with Crippen molar-refractivity contribution in [3.63, 3.8) is 0 Å². The molecule has 0 radical (unpaired) electrons. The molecule has 0 unspecified atom stereocenters. The van der Waals surface area contributed by atoms with Crippen LogP contribution < -0.4 is 10.2 Å². The molecule has 0 saturated carbocycles. The van der Waals surface area contributed by atoms with E-state index in [9.17, 15) is 9.59 Å². The van der Waals surface area contributed by atoms with Gasteiger partial charge in [0.1, 0.15) is 11.3 Å². The minimum Gasteiger partial charge on any atom is -0.497 e. The maximum atomic E-state index is 12.0. The third-order valence-electron chi connectivity index (χ3n) is 2.49. The predicted molar refractivity (Wildman–Crippen MR) is 62.5 cm³/mol. The van der Waals surface area contributed by atoms with Gasteiger partial charge in [0.05, 0.1) is 19.6 Å². The molecule has 0 aliphatic carbocycles. The molecule has 2 rings (SSSR count). The smallest absolute Gasteiger partial charge is 0.343 e. The Bertz CT molecular complexity index is 630. The first-order valence-corrected chi connectivity index (χ1v) is 4.95. The van der Waals surface area contributed by atoms with Crippen molar-refractivity contribution in [1.29, 1.82) is 0 Å². The monoisotopic (exact) mass is 233 g/mol. The zero-order chi connectivity index (χ0) is 12.4. The normalized spacial score (nSPS) is 10.2. The van der Waals surface area contributed by atoms with Crippen LogP contribution in [-0.2, 0) is 4.74 Å². The van der Waals surface area contributed by atoms with E-state index in [0.717, 1.165) is 0 Å². The highest BCUT2D eigenvalue weighted by Gasteiger charge is 2.13. The third-order valence-corrected chi connectivity index (χ3v) is 2.49. The fourth-order valence-electron chi connectivity index (χ4n) is 1.59. The highest BCUT2D eigenvalue weighted by atomic mass is 16.5. The second kappa shape index (κ2) is 4.29. The van der Waals surface area contributed by atoms with Gasteiger partial charge in [-0.25, -0.2) is 4.79 Å². The van der Waals surface area contributed by atoms with Crippen LogP contribution in [-0.4, -0.2) is 25.2 Å². The third kappa shape index (κ3) is 1.87. The van der Waals surface area contributed by atoms with Crippen molar-refractivity contribution in [2.75, 3.05) is 14.2 Å². The van der Waals surface area contributed by atoms with Crippen LogP contribution in [0.4, 0.5) is 0 Å². The molecule has 1 heterocycles. The quantitative estimate of drug-likeness (QED) is 0.794. The zero-order valence-corrected chi connectivity index (χ0v) is 9.44. The molecule has 2 aromatic rings. The number of rotatable bonds is 2. The van der Waals surface area contributed by atoms with Crippen molar-refractivity contribution in [2.24, 2.45) is 0 Å². The van der Waals surface area contributed by atoms with Gasteiger partial charge < -0.3 is 14.5 Å². The van der Waals surface area contributed by atoms with Gasteiger partial charge in [0.15, 0.2) is 0 Å². The molecule has 1 aromatic carbocycles. The van der Waals surface area contributed by atoms with Gasteiger partial charge in [-0.1, -0.05) is 0 Å². The summed E-state index contributed by atoms with van der Waals surface area (Å²) in [5.74, 6) is -0.0963. The van der Waals surface area contributed by atoms with Crippen LogP contribution in [0.15, 0.2) is 29.2 Å². The summed E-state index contributed by atoms with van der Waals surface area (Å²) in [5, 5.41) is 0.396. The summed E-state index contributed by atoms with van der Waals surface area (Å²) in [6.45, 7) is 0. The molecule has 5 heteroatoms. The van der Waals surface area contributed by atoms with Crippen molar-refractivity contribution in [2.45, 2.75) is 0 Å². The van der Waals surface area contributed by atoms with Gasteiger partial charge in [0.25, 0.3) is 0 Å². The number of carbonyl (C=O) groups is 1. The first-order valence-electron chi connectivity index (χ1n) is 4.95. The van der Waals surface area contributed by atoms with Gasteiger partial charge in [-0.15, -0.1) is 0 Å². The van der Waals surface area contributed by atoms with Gasteiger partial charge in [0.2, 0.25) is 5.43 Å². The number of esters is 1. The fourth-order valence-corrected chi connectivity index (χ4v) is 1.59. The molecule has 5 nitrogen and oxygen atoms in total. The SMILES string of the molecule is COC(=O)c1c[nH]c2ccc(OC)cc2c1=O. The van der Waals surface area contributed by atoms with Crippen LogP contribution in [0.25, 0.3) is 10.9 Å². The van der Waals surface area contributed by atoms with Crippen LogP contribution in [0.3, 0.4) is 0 Å².